The minimum absolute atomic E-state index is 0.0199. The van der Waals surface area contributed by atoms with E-state index in [1.165, 1.54) is 18.2 Å². The summed E-state index contributed by atoms with van der Waals surface area (Å²) in [5.74, 6) is -5.29. The zero-order chi connectivity index (χ0) is 66.7. The van der Waals surface area contributed by atoms with Crippen LogP contribution in [0.15, 0.2) is 97.1 Å². The largest absolute Gasteiger partial charge is 0.399 e. The van der Waals surface area contributed by atoms with E-state index in [2.05, 4.69) is 58.0 Å². The molecule has 0 spiro atoms. The fourth-order valence-corrected chi connectivity index (χ4v) is 12.3. The molecule has 22 nitrogen and oxygen atoms in total. The maximum Gasteiger partial charge on any atom is 0.399 e. The van der Waals surface area contributed by atoms with Crippen LogP contribution in [0.5, 0.6) is 0 Å². The van der Waals surface area contributed by atoms with Crippen molar-refractivity contribution in [2.45, 2.75) is 173 Å². The lowest BCUT2D eigenvalue weighted by Gasteiger charge is -2.37. The third kappa shape index (κ3) is 19.7. The summed E-state index contributed by atoms with van der Waals surface area (Å²) in [5, 5.41) is 19.0. The number of halogens is 2. The molecule has 9 N–H and O–H groups in total. The molecule has 4 aromatic rings. The van der Waals surface area contributed by atoms with Crippen molar-refractivity contribution in [2.24, 2.45) is 17.8 Å². The van der Waals surface area contributed by atoms with Gasteiger partial charge in [-0.05, 0) is 116 Å². The molecule has 2 aliphatic heterocycles. The van der Waals surface area contributed by atoms with Crippen LogP contribution in [0.3, 0.4) is 0 Å². The Morgan fingerprint density at radius 2 is 1.30 bits per heavy atom. The Hall–Kier alpha value is -8.05. The summed E-state index contributed by atoms with van der Waals surface area (Å²) in [4.78, 5) is 154. The minimum Gasteiger partial charge on any atom is -0.368 e. The number of hydrogen-bond donors (Lipinski definition) is 9. The molecule has 1 unspecified atom stereocenters. The van der Waals surface area contributed by atoms with E-state index >= 15 is 0 Å². The van der Waals surface area contributed by atoms with Gasteiger partial charge in [-0.25, -0.2) is 0 Å². The maximum absolute atomic E-state index is 14.8. The molecule has 4 aromatic carbocycles. The van der Waals surface area contributed by atoms with Gasteiger partial charge in [0.15, 0.2) is 0 Å². The Bertz CT molecular complexity index is 3330. The van der Waals surface area contributed by atoms with Crippen LogP contribution in [0.1, 0.15) is 171 Å². The summed E-state index contributed by atoms with van der Waals surface area (Å²) < 4.78 is 47.6. The Morgan fingerprint density at radius 3 is 1.97 bits per heavy atom. The van der Waals surface area contributed by atoms with Crippen LogP contribution >= 0.6 is 7.60 Å². The van der Waals surface area contributed by atoms with Crippen LogP contribution in [0.2, 0.25) is 0 Å². The number of anilines is 1. The van der Waals surface area contributed by atoms with Crippen LogP contribution < -0.4 is 37.2 Å². The number of alkyl halides is 2. The molecule has 2 heterocycles. The Labute approximate surface area is 534 Å². The first kappa shape index (κ1) is 71.4. The smallest absolute Gasteiger partial charge is 0.368 e. The van der Waals surface area contributed by atoms with E-state index in [0.717, 1.165) is 60.4 Å². The second kappa shape index (κ2) is 33.5. The lowest BCUT2D eigenvalue weighted by atomic mass is 9.75. The van der Waals surface area contributed by atoms with Crippen molar-refractivity contribution in [3.05, 3.63) is 136 Å². The number of benzene rings is 4. The molecule has 92 heavy (non-hydrogen) atoms. The van der Waals surface area contributed by atoms with Gasteiger partial charge in [0, 0.05) is 49.9 Å². The molecule has 0 bridgehead atoms. The first-order valence-corrected chi connectivity index (χ1v) is 33.3. The predicted molar refractivity (Wildman–Crippen MR) is 338 cm³/mol. The number of ether oxygens (including phenoxy) is 1. The van der Waals surface area contributed by atoms with Gasteiger partial charge in [-0.3, -0.25) is 62.7 Å². The summed E-state index contributed by atoms with van der Waals surface area (Å²) in [7, 11) is -5.95. The summed E-state index contributed by atoms with van der Waals surface area (Å²) in [6, 6.07) is 19.2. The molecule has 496 valence electrons. The molecule has 1 saturated heterocycles. The highest BCUT2D eigenvalue weighted by atomic mass is 31.2. The highest BCUT2D eigenvalue weighted by Crippen LogP contribution is 2.59. The van der Waals surface area contributed by atoms with Crippen LogP contribution in [0.25, 0.3) is 0 Å². The number of carbonyl (C=O) groups excluding carboxylic acids is 10. The number of hydrogen-bond acceptors (Lipinski definition) is 12. The van der Waals surface area contributed by atoms with E-state index in [9.17, 15) is 71.1 Å². The first-order valence-electron chi connectivity index (χ1n) is 31.7. The summed E-state index contributed by atoms with van der Waals surface area (Å²) in [6.07, 6.45) is 6.60. The second-order valence-corrected chi connectivity index (χ2v) is 26.1. The lowest BCUT2D eigenvalue weighted by molar-refractivity contribution is -0.136. The van der Waals surface area contributed by atoms with Gasteiger partial charge in [0.05, 0.1) is 22.9 Å². The molecule has 7 rings (SSSR count). The van der Waals surface area contributed by atoms with Crippen molar-refractivity contribution in [3.8, 4) is 0 Å². The van der Waals surface area contributed by atoms with Crippen molar-refractivity contribution in [3.63, 3.8) is 0 Å². The Morgan fingerprint density at radius 1 is 0.685 bits per heavy atom. The van der Waals surface area contributed by atoms with Crippen molar-refractivity contribution in [2.75, 3.05) is 25.0 Å². The fraction of sp³-hybridized carbons (Fsp3) is 0.493. The Balaban J connectivity index is 1.00. The lowest BCUT2D eigenvalue weighted by Crippen LogP contribution is -2.58. The Kier molecular flexibility index (Phi) is 26.0. The number of imide groups is 2. The maximum atomic E-state index is 14.8. The quantitative estimate of drug-likeness (QED) is 0.0129. The third-order valence-electron chi connectivity index (χ3n) is 17.1. The van der Waals surface area contributed by atoms with Gasteiger partial charge in [0.1, 0.15) is 30.8 Å². The van der Waals surface area contributed by atoms with Crippen molar-refractivity contribution < 1.29 is 75.8 Å². The molecule has 10 amide bonds. The van der Waals surface area contributed by atoms with E-state index in [0.29, 0.717) is 67.9 Å². The minimum atomic E-state index is -5.95. The van der Waals surface area contributed by atoms with E-state index in [4.69, 9.17) is 4.74 Å². The molecule has 7 atom stereocenters. The first-order chi connectivity index (χ1) is 43.8. The number of aryl methyl sites for hydroxylation is 1. The number of rotatable bonds is 33. The van der Waals surface area contributed by atoms with Gasteiger partial charge >= 0.3 is 13.3 Å². The van der Waals surface area contributed by atoms with Gasteiger partial charge in [-0.2, -0.15) is 8.78 Å². The summed E-state index contributed by atoms with van der Waals surface area (Å²) in [5.41, 5.74) is -3.04. The molecule has 25 heteroatoms. The monoisotopic (exact) mass is 1290 g/mol. The highest BCUT2D eigenvalue weighted by molar-refractivity contribution is 7.52. The van der Waals surface area contributed by atoms with Crippen LogP contribution in [0.4, 0.5) is 14.5 Å². The van der Waals surface area contributed by atoms with Crippen LogP contribution in [0, 0.1) is 17.8 Å². The number of unbranched alkanes of at least 4 members (excludes halogenated alkanes) is 5. The summed E-state index contributed by atoms with van der Waals surface area (Å²) in [6.45, 7) is 8.43. The SMILES string of the molecule is CCc1ccc(C(=O)NCCCC[C@H](NC(=O)[C@H](Cc2ccc(C(F)(F)P(=O)(O)O)cc2)NC(=O)[C@H](Cc2ccccc2)NC(=O)CO[C@H]2C[C@@H](C)CC[C@@H]2C(C)C)C(=O)NCCCCCCCC(=O)Nc2cccc3c2C(=O)N(C2CCC(=O)NC2=O)C3=O)cc1. The van der Waals surface area contributed by atoms with Gasteiger partial charge in [-0.1, -0.05) is 126 Å². The number of amides is 10. The average Bonchev–Trinajstić information content (AvgIpc) is 1.59. The number of piperidine rings is 1. The molecule has 0 radical (unpaired) electrons. The second-order valence-electron chi connectivity index (χ2n) is 24.4. The zero-order valence-electron chi connectivity index (χ0n) is 52.4. The zero-order valence-corrected chi connectivity index (χ0v) is 53.3. The van der Waals surface area contributed by atoms with E-state index in [1.54, 1.807) is 42.5 Å². The number of nitrogens with zero attached hydrogens (tertiary/aromatic N) is 1. The predicted octanol–water partition coefficient (Wildman–Crippen LogP) is 7.29. The molecule has 1 saturated carbocycles. The molecule has 2 fully saturated rings. The van der Waals surface area contributed by atoms with Crippen molar-refractivity contribution >= 4 is 72.4 Å². The van der Waals surface area contributed by atoms with Gasteiger partial charge in [0.2, 0.25) is 41.4 Å². The molecular weight excluding hydrogens is 1210 g/mol. The van der Waals surface area contributed by atoms with Crippen LogP contribution in [-0.2, 0) is 67.8 Å². The van der Waals surface area contributed by atoms with Crippen molar-refractivity contribution in [1.29, 1.82) is 0 Å². The van der Waals surface area contributed by atoms with E-state index in [1.807, 2.05) is 19.1 Å². The van der Waals surface area contributed by atoms with E-state index in [-0.39, 0.29) is 98.5 Å². The van der Waals surface area contributed by atoms with Gasteiger partial charge < -0.3 is 46.4 Å². The van der Waals surface area contributed by atoms with Crippen LogP contribution in [-0.4, -0.2) is 124 Å². The average molecular weight is 1300 g/mol. The fourth-order valence-electron chi connectivity index (χ4n) is 11.8. The number of fused-ring (bicyclic) bond motifs is 1. The third-order valence-corrected chi connectivity index (χ3v) is 18.1. The molecular formula is C67H85F2N8O14P. The van der Waals surface area contributed by atoms with Gasteiger partial charge in [-0.15, -0.1) is 0 Å². The van der Waals surface area contributed by atoms with E-state index < -0.39 is 96.2 Å². The standard InChI is InChI=1S/C67H85F2N8O14P/c1-5-43-24-28-46(29-25-43)60(81)70-36-15-13-20-51(61(82)71-35-14-8-6-7-12-22-56(78)72-50-21-16-19-49-59(50)66(87)77(65(49)86)54-33-34-57(79)76-64(54)85)74-63(84)53(39-45-26-30-47(31-27-45)67(68,69)92(88,89)90)75-62(83)52(38-44-17-10-9-11-18-44)73-58(80)40-91-55-37-42(4)23-32-48(55)41(2)3/h9-11,16-19,21,24-31,41-42,48,51-55H,5-8,12-15,20,22-23,32-40H2,1-4H3,(H,70,81)(H,71,82)(H,72,78)(H,73,80)(H,74,84)(H,75,83)(H,76,79,85)(H2,88,89,90)/t42-,48+,51-,52-,53-,54?,55-/m0/s1. The topological polar surface area (TPSA) is 325 Å². The molecule has 1 aliphatic carbocycles. The number of carbonyl (C=O) groups is 10. The summed E-state index contributed by atoms with van der Waals surface area (Å²) >= 11 is 0. The molecule has 3 aliphatic rings. The highest BCUT2D eigenvalue weighted by Gasteiger charge is 2.50. The van der Waals surface area contributed by atoms with Gasteiger partial charge in [0.25, 0.3) is 17.7 Å². The van der Waals surface area contributed by atoms with Crippen molar-refractivity contribution in [1.82, 2.24) is 36.8 Å². The number of nitrogens with one attached hydrogen (secondary N) is 7. The normalized spacial score (nSPS) is 18.5. The molecule has 0 aromatic heterocycles.